The monoisotopic (exact) mass is 290 g/mol. The third kappa shape index (κ3) is 2.47. The molecular formula is C11H13F3N4O2. The molecule has 0 bridgehead atoms. The van der Waals surface area contributed by atoms with Crippen LogP contribution >= 0.6 is 0 Å². The molecule has 0 saturated heterocycles. The molecule has 2 heterocycles. The number of hydrogen-bond donors (Lipinski definition) is 0. The summed E-state index contributed by atoms with van der Waals surface area (Å²) in [4.78, 5) is 28.0. The molecule has 0 radical (unpaired) electrons. The van der Waals surface area contributed by atoms with Gasteiger partial charge < -0.3 is 4.57 Å². The number of alkyl halides is 3. The van der Waals surface area contributed by atoms with Crippen molar-refractivity contribution in [3.8, 4) is 0 Å². The molecule has 0 unspecified atom stereocenters. The van der Waals surface area contributed by atoms with Crippen LogP contribution in [0.2, 0.25) is 0 Å². The van der Waals surface area contributed by atoms with Gasteiger partial charge in [0.2, 0.25) is 0 Å². The van der Waals surface area contributed by atoms with Gasteiger partial charge in [-0.2, -0.15) is 13.2 Å². The molecular weight excluding hydrogens is 277 g/mol. The van der Waals surface area contributed by atoms with Gasteiger partial charge in [0.1, 0.15) is 0 Å². The molecule has 9 heteroatoms. The van der Waals surface area contributed by atoms with Gasteiger partial charge in [0, 0.05) is 27.1 Å². The molecule has 6 nitrogen and oxygen atoms in total. The van der Waals surface area contributed by atoms with E-state index in [1.807, 2.05) is 0 Å². The number of aryl methyl sites for hydroxylation is 2. The predicted octanol–water partition coefficient (Wildman–Crippen LogP) is 0.776. The first-order valence-electron chi connectivity index (χ1n) is 5.90. The summed E-state index contributed by atoms with van der Waals surface area (Å²) in [7, 11) is 3.01. The Kier molecular flexibility index (Phi) is 3.45. The minimum Gasteiger partial charge on any atom is -0.328 e. The maximum Gasteiger partial charge on any atom is 0.389 e. The van der Waals surface area contributed by atoms with Crippen molar-refractivity contribution < 1.29 is 13.2 Å². The maximum absolute atomic E-state index is 12.1. The molecule has 0 aromatic carbocycles. The van der Waals surface area contributed by atoms with E-state index in [4.69, 9.17) is 0 Å². The lowest BCUT2D eigenvalue weighted by molar-refractivity contribution is -0.135. The number of halogens is 3. The van der Waals surface area contributed by atoms with Gasteiger partial charge in [-0.1, -0.05) is 0 Å². The maximum atomic E-state index is 12.1. The van der Waals surface area contributed by atoms with Crippen LogP contribution < -0.4 is 11.2 Å². The summed E-state index contributed by atoms with van der Waals surface area (Å²) >= 11 is 0. The van der Waals surface area contributed by atoms with Crippen molar-refractivity contribution in [1.82, 2.24) is 18.7 Å². The van der Waals surface area contributed by atoms with Crippen LogP contribution in [0.25, 0.3) is 11.2 Å². The number of rotatable bonds is 3. The Morgan fingerprint density at radius 1 is 1.25 bits per heavy atom. The fraction of sp³-hybridized carbons (Fsp3) is 0.545. The lowest BCUT2D eigenvalue weighted by Crippen LogP contribution is -2.39. The van der Waals surface area contributed by atoms with Crippen LogP contribution in [-0.2, 0) is 20.6 Å². The van der Waals surface area contributed by atoms with Gasteiger partial charge in [0.15, 0.2) is 11.2 Å². The minimum absolute atomic E-state index is 0.194. The summed E-state index contributed by atoms with van der Waals surface area (Å²) in [6.45, 7) is -0.272. The van der Waals surface area contributed by atoms with E-state index in [1.54, 1.807) is 7.05 Å². The van der Waals surface area contributed by atoms with Crippen LogP contribution in [0.5, 0.6) is 0 Å². The average Bonchev–Trinajstić information content (AvgIpc) is 2.72. The van der Waals surface area contributed by atoms with Gasteiger partial charge in [-0.15, -0.1) is 0 Å². The number of nitrogens with zero attached hydrogens (tertiary/aromatic N) is 4. The quantitative estimate of drug-likeness (QED) is 0.839. The van der Waals surface area contributed by atoms with Crippen molar-refractivity contribution >= 4 is 11.2 Å². The molecule has 110 valence electrons. The second kappa shape index (κ2) is 4.80. The molecule has 0 saturated carbocycles. The van der Waals surface area contributed by atoms with Crippen LogP contribution in [-0.4, -0.2) is 24.9 Å². The first kappa shape index (κ1) is 14.4. The highest BCUT2D eigenvalue weighted by Crippen LogP contribution is 2.21. The molecule has 0 aliphatic rings. The smallest absolute Gasteiger partial charge is 0.328 e. The fourth-order valence-electron chi connectivity index (χ4n) is 2.03. The molecule has 20 heavy (non-hydrogen) atoms. The van der Waals surface area contributed by atoms with Crippen molar-refractivity contribution in [3.63, 3.8) is 0 Å². The summed E-state index contributed by atoms with van der Waals surface area (Å²) in [5.41, 5.74) is -0.873. The first-order chi connectivity index (χ1) is 9.22. The molecule has 2 rings (SSSR count). The highest BCUT2D eigenvalue weighted by molar-refractivity contribution is 5.69. The van der Waals surface area contributed by atoms with E-state index in [1.165, 1.54) is 17.9 Å². The third-order valence-electron chi connectivity index (χ3n) is 3.04. The summed E-state index contributed by atoms with van der Waals surface area (Å²) in [6, 6.07) is 0. The lowest BCUT2D eigenvalue weighted by Gasteiger charge is -2.09. The van der Waals surface area contributed by atoms with E-state index in [0.29, 0.717) is 0 Å². The van der Waals surface area contributed by atoms with Crippen molar-refractivity contribution in [2.24, 2.45) is 14.1 Å². The third-order valence-corrected chi connectivity index (χ3v) is 3.04. The highest BCUT2D eigenvalue weighted by atomic mass is 19.4. The number of hydrogen-bond acceptors (Lipinski definition) is 3. The number of fused-ring (bicyclic) bond motifs is 1. The summed E-state index contributed by atoms with van der Waals surface area (Å²) in [5.74, 6) is 0. The van der Waals surface area contributed by atoms with Gasteiger partial charge >= 0.3 is 11.9 Å². The largest absolute Gasteiger partial charge is 0.389 e. The predicted molar refractivity (Wildman–Crippen MR) is 65.5 cm³/mol. The summed E-state index contributed by atoms with van der Waals surface area (Å²) in [6.07, 6.45) is -4.27. The Labute approximate surface area is 111 Å². The van der Waals surface area contributed by atoms with E-state index in [0.717, 1.165) is 9.13 Å². The zero-order valence-corrected chi connectivity index (χ0v) is 10.9. The van der Waals surface area contributed by atoms with Gasteiger partial charge in [-0.05, 0) is 6.42 Å². The standard InChI is InChI=1S/C11H13F3N4O2/c1-16-6-15-8-7(16)9(19)18(10(20)17(8)2)5-3-4-11(12,13)14/h6H,3-5H2,1-2H3. The molecule has 0 fully saturated rings. The SMILES string of the molecule is Cn1cnc2c1c(=O)n(CCCC(F)(F)F)c(=O)n2C. The van der Waals surface area contributed by atoms with E-state index >= 15 is 0 Å². The average molecular weight is 290 g/mol. The Bertz CT molecular complexity index is 754. The lowest BCUT2D eigenvalue weighted by atomic mass is 10.3. The van der Waals surface area contributed by atoms with Crippen molar-refractivity contribution in [1.29, 1.82) is 0 Å². The summed E-state index contributed by atoms with van der Waals surface area (Å²) in [5, 5.41) is 0. The van der Waals surface area contributed by atoms with Crippen LogP contribution in [0.4, 0.5) is 13.2 Å². The Morgan fingerprint density at radius 2 is 1.90 bits per heavy atom. The van der Waals surface area contributed by atoms with Crippen LogP contribution in [0, 0.1) is 0 Å². The van der Waals surface area contributed by atoms with Gasteiger partial charge in [0.25, 0.3) is 5.56 Å². The van der Waals surface area contributed by atoms with Gasteiger partial charge in [-0.3, -0.25) is 13.9 Å². The number of aromatic nitrogens is 4. The van der Waals surface area contributed by atoms with Crippen LogP contribution in [0.15, 0.2) is 15.9 Å². The Hall–Kier alpha value is -2.06. The van der Waals surface area contributed by atoms with Crippen molar-refractivity contribution in [2.75, 3.05) is 0 Å². The summed E-state index contributed by atoms with van der Waals surface area (Å²) < 4.78 is 39.8. The zero-order chi connectivity index (χ0) is 15.1. The van der Waals surface area contributed by atoms with E-state index in [9.17, 15) is 22.8 Å². The zero-order valence-electron chi connectivity index (χ0n) is 10.9. The molecule has 0 amide bonds. The highest BCUT2D eigenvalue weighted by Gasteiger charge is 2.26. The second-order valence-corrected chi connectivity index (χ2v) is 4.54. The molecule has 2 aromatic heterocycles. The number of imidazole rings is 1. The van der Waals surface area contributed by atoms with E-state index in [2.05, 4.69) is 4.98 Å². The van der Waals surface area contributed by atoms with Crippen LogP contribution in [0.1, 0.15) is 12.8 Å². The molecule has 0 aliphatic carbocycles. The topological polar surface area (TPSA) is 61.8 Å². The second-order valence-electron chi connectivity index (χ2n) is 4.54. The first-order valence-corrected chi connectivity index (χ1v) is 5.90. The van der Waals surface area contributed by atoms with Crippen LogP contribution in [0.3, 0.4) is 0 Å². The normalized spacial score (nSPS) is 12.2. The molecule has 0 spiro atoms. The van der Waals surface area contributed by atoms with Gasteiger partial charge in [-0.25, -0.2) is 9.78 Å². The van der Waals surface area contributed by atoms with Gasteiger partial charge in [0.05, 0.1) is 6.33 Å². The van der Waals surface area contributed by atoms with E-state index < -0.39 is 23.8 Å². The Balaban J connectivity index is 2.46. The minimum atomic E-state index is -4.30. The Morgan fingerprint density at radius 3 is 2.50 bits per heavy atom. The molecule has 0 N–H and O–H groups in total. The van der Waals surface area contributed by atoms with Crippen molar-refractivity contribution in [2.45, 2.75) is 25.6 Å². The van der Waals surface area contributed by atoms with E-state index in [-0.39, 0.29) is 24.1 Å². The molecule has 0 atom stereocenters. The fourth-order valence-corrected chi connectivity index (χ4v) is 2.03. The molecule has 2 aromatic rings. The van der Waals surface area contributed by atoms with Crippen molar-refractivity contribution in [3.05, 3.63) is 27.2 Å². The molecule has 0 aliphatic heterocycles.